The van der Waals surface area contributed by atoms with E-state index < -0.39 is 16.0 Å². The quantitative estimate of drug-likeness (QED) is 0.502. The third-order valence-electron chi connectivity index (χ3n) is 2.60. The Morgan fingerprint density at radius 1 is 1.38 bits per heavy atom. The lowest BCUT2D eigenvalue weighted by Crippen LogP contribution is -2.12. The number of nitrogens with one attached hydrogen (secondary N) is 1. The summed E-state index contributed by atoms with van der Waals surface area (Å²) >= 11 is 5.38. The summed E-state index contributed by atoms with van der Waals surface area (Å²) in [5, 5.41) is 7.67. The Labute approximate surface area is 155 Å². The zero-order valence-electron chi connectivity index (χ0n) is 12.5. The van der Waals surface area contributed by atoms with Gasteiger partial charge in [-0.1, -0.05) is 23.1 Å². The van der Waals surface area contributed by atoms with Crippen molar-refractivity contribution in [2.45, 2.75) is 9.24 Å². The molecule has 0 amide bonds. The molecule has 0 saturated carbocycles. The van der Waals surface area contributed by atoms with Gasteiger partial charge in [0.2, 0.25) is 5.13 Å². The molecule has 2 aromatic rings. The zero-order valence-corrected chi connectivity index (χ0v) is 16.5. The summed E-state index contributed by atoms with van der Waals surface area (Å²) in [7, 11) is -1.04. The van der Waals surface area contributed by atoms with Crippen molar-refractivity contribution in [1.29, 1.82) is 0 Å². The molecule has 1 N–H and O–H groups in total. The molecule has 0 aliphatic heterocycles. The Morgan fingerprint density at radius 3 is 2.75 bits per heavy atom. The average Bonchev–Trinajstić information content (AvgIpc) is 2.99. The van der Waals surface area contributed by atoms with Gasteiger partial charge in [-0.15, -0.1) is 10.2 Å². The van der Waals surface area contributed by atoms with Crippen molar-refractivity contribution in [1.82, 2.24) is 10.2 Å². The standard InChI is InChI=1S/C12H12BrN3O5S3/c1-20-9-4-3-7(5-8(9)13)24(18,19)16-11-14-15-12(23-11)22-6-10(17)21-2/h3-5H,6H2,1-2H3,(H,14,16). The molecule has 0 saturated heterocycles. The van der Waals surface area contributed by atoms with Gasteiger partial charge in [0, 0.05) is 0 Å². The Hall–Kier alpha value is -1.37. The lowest BCUT2D eigenvalue weighted by atomic mass is 10.3. The minimum atomic E-state index is -3.81. The minimum absolute atomic E-state index is 0.0501. The van der Waals surface area contributed by atoms with Crippen LogP contribution in [0.5, 0.6) is 5.75 Å². The maximum atomic E-state index is 12.4. The second-order valence-corrected chi connectivity index (χ2v) is 8.88. The number of carbonyl (C=O) groups is 1. The van der Waals surface area contributed by atoms with Crippen LogP contribution in [0.25, 0.3) is 0 Å². The Kier molecular flexibility index (Phi) is 6.43. The van der Waals surface area contributed by atoms with Crippen molar-refractivity contribution in [3.8, 4) is 5.75 Å². The molecule has 0 unspecified atom stereocenters. The monoisotopic (exact) mass is 453 g/mol. The van der Waals surface area contributed by atoms with Gasteiger partial charge in [0.05, 0.1) is 29.3 Å². The van der Waals surface area contributed by atoms with Gasteiger partial charge in [0.15, 0.2) is 4.34 Å². The van der Waals surface area contributed by atoms with Crippen LogP contribution in [0.4, 0.5) is 5.13 Å². The van der Waals surface area contributed by atoms with Gasteiger partial charge in [-0.3, -0.25) is 9.52 Å². The zero-order chi connectivity index (χ0) is 17.7. The molecule has 0 aliphatic rings. The van der Waals surface area contributed by atoms with E-state index in [1.54, 1.807) is 0 Å². The number of rotatable bonds is 7. The molecule has 12 heteroatoms. The first-order valence-corrected chi connectivity index (χ1v) is 10.3. The minimum Gasteiger partial charge on any atom is -0.496 e. The highest BCUT2D eigenvalue weighted by Crippen LogP contribution is 2.30. The van der Waals surface area contributed by atoms with E-state index in [1.807, 2.05) is 0 Å². The number of aromatic nitrogens is 2. The number of hydrogen-bond donors (Lipinski definition) is 1. The van der Waals surface area contributed by atoms with Gasteiger partial charge < -0.3 is 9.47 Å². The molecule has 8 nitrogen and oxygen atoms in total. The number of halogens is 1. The van der Waals surface area contributed by atoms with E-state index in [-0.39, 0.29) is 15.8 Å². The maximum Gasteiger partial charge on any atom is 0.316 e. The highest BCUT2D eigenvalue weighted by atomic mass is 79.9. The van der Waals surface area contributed by atoms with Gasteiger partial charge in [0.1, 0.15) is 5.75 Å². The van der Waals surface area contributed by atoms with Crippen molar-refractivity contribution >= 4 is 60.2 Å². The van der Waals surface area contributed by atoms with E-state index in [0.29, 0.717) is 14.6 Å². The number of carbonyl (C=O) groups excluding carboxylic acids is 1. The van der Waals surface area contributed by atoms with Gasteiger partial charge in [-0.25, -0.2) is 8.42 Å². The molecule has 1 aromatic heterocycles. The molecule has 0 atom stereocenters. The Balaban J connectivity index is 2.11. The second-order valence-electron chi connectivity index (χ2n) is 4.14. The molecule has 1 heterocycles. The third kappa shape index (κ3) is 4.82. The van der Waals surface area contributed by atoms with Crippen LogP contribution in [0.15, 0.2) is 31.9 Å². The van der Waals surface area contributed by atoms with Crippen molar-refractivity contribution in [2.75, 3.05) is 24.7 Å². The van der Waals surface area contributed by atoms with Gasteiger partial charge in [0.25, 0.3) is 10.0 Å². The van der Waals surface area contributed by atoms with E-state index in [0.717, 1.165) is 23.1 Å². The van der Waals surface area contributed by atoms with E-state index >= 15 is 0 Å². The summed E-state index contributed by atoms with van der Waals surface area (Å²) in [5.41, 5.74) is 0. The number of esters is 1. The molecule has 0 fully saturated rings. The number of benzene rings is 1. The number of ether oxygens (including phenoxy) is 2. The predicted molar refractivity (Wildman–Crippen MR) is 94.2 cm³/mol. The van der Waals surface area contributed by atoms with Crippen LogP contribution >= 0.6 is 39.0 Å². The van der Waals surface area contributed by atoms with Crippen molar-refractivity contribution in [3.05, 3.63) is 22.7 Å². The number of nitrogens with zero attached hydrogens (tertiary/aromatic N) is 2. The first-order chi connectivity index (χ1) is 11.4. The first-order valence-electron chi connectivity index (χ1n) is 6.25. The van der Waals surface area contributed by atoms with Crippen LogP contribution in [0.2, 0.25) is 0 Å². The van der Waals surface area contributed by atoms with E-state index in [4.69, 9.17) is 4.74 Å². The Bertz CT molecular complexity index is 840. The summed E-state index contributed by atoms with van der Waals surface area (Å²) in [6.45, 7) is 0. The summed E-state index contributed by atoms with van der Waals surface area (Å²) in [4.78, 5) is 11.1. The number of thioether (sulfide) groups is 1. The van der Waals surface area contributed by atoms with Crippen molar-refractivity contribution in [2.24, 2.45) is 0 Å². The van der Waals surface area contributed by atoms with E-state index in [2.05, 4.69) is 35.6 Å². The fraction of sp³-hybridized carbons (Fsp3) is 0.250. The molecule has 0 bridgehead atoms. The smallest absolute Gasteiger partial charge is 0.316 e. The lowest BCUT2D eigenvalue weighted by molar-refractivity contribution is -0.137. The second kappa shape index (κ2) is 8.14. The topological polar surface area (TPSA) is 107 Å². The fourth-order valence-electron chi connectivity index (χ4n) is 1.48. The molecular weight excluding hydrogens is 442 g/mol. The number of methoxy groups -OCH3 is 2. The van der Waals surface area contributed by atoms with Crippen molar-refractivity contribution in [3.63, 3.8) is 0 Å². The first kappa shape index (κ1) is 19.0. The van der Waals surface area contributed by atoms with Crippen LogP contribution in [0.3, 0.4) is 0 Å². The van der Waals surface area contributed by atoms with Gasteiger partial charge in [-0.05, 0) is 34.1 Å². The van der Waals surface area contributed by atoms with Crippen molar-refractivity contribution < 1.29 is 22.7 Å². The number of anilines is 1. The predicted octanol–water partition coefficient (Wildman–Crippen LogP) is 2.38. The maximum absolute atomic E-state index is 12.4. The number of sulfonamides is 1. The lowest BCUT2D eigenvalue weighted by Gasteiger charge is -2.07. The largest absolute Gasteiger partial charge is 0.496 e. The van der Waals surface area contributed by atoms with E-state index in [1.165, 1.54) is 32.4 Å². The van der Waals surface area contributed by atoms with Crippen LogP contribution in [-0.2, 0) is 19.6 Å². The molecule has 1 aromatic carbocycles. The molecule has 0 aliphatic carbocycles. The van der Waals surface area contributed by atoms with Crippen LogP contribution < -0.4 is 9.46 Å². The number of hydrogen-bond acceptors (Lipinski definition) is 9. The highest BCUT2D eigenvalue weighted by Gasteiger charge is 2.19. The molecule has 130 valence electrons. The fourth-order valence-corrected chi connectivity index (χ4v) is 5.01. The molecule has 24 heavy (non-hydrogen) atoms. The average molecular weight is 454 g/mol. The Morgan fingerprint density at radius 2 is 2.12 bits per heavy atom. The summed E-state index contributed by atoms with van der Waals surface area (Å²) in [5.74, 6) is 0.190. The summed E-state index contributed by atoms with van der Waals surface area (Å²) in [6.07, 6.45) is 0. The van der Waals surface area contributed by atoms with E-state index in [9.17, 15) is 13.2 Å². The summed E-state index contributed by atoms with van der Waals surface area (Å²) < 4.78 is 37.6. The molecule has 0 radical (unpaired) electrons. The SMILES string of the molecule is COC(=O)CSc1nnc(NS(=O)(=O)c2ccc(OC)c(Br)c2)s1. The van der Waals surface area contributed by atoms with Crippen LogP contribution in [-0.4, -0.2) is 44.6 Å². The highest BCUT2D eigenvalue weighted by molar-refractivity contribution is 9.10. The molecule has 0 spiro atoms. The third-order valence-corrected chi connectivity index (χ3v) is 6.63. The van der Waals surface area contributed by atoms with Gasteiger partial charge in [-0.2, -0.15) is 0 Å². The van der Waals surface area contributed by atoms with Gasteiger partial charge >= 0.3 is 5.97 Å². The summed E-state index contributed by atoms with van der Waals surface area (Å²) in [6, 6.07) is 4.38. The van der Waals surface area contributed by atoms with Crippen LogP contribution in [0, 0.1) is 0 Å². The molecular formula is C12H12BrN3O5S3. The molecule has 2 rings (SSSR count). The van der Waals surface area contributed by atoms with Crippen LogP contribution in [0.1, 0.15) is 0 Å². The normalized spacial score (nSPS) is 11.1.